The predicted molar refractivity (Wildman–Crippen MR) is 421 cm³/mol. The van der Waals surface area contributed by atoms with Crippen LogP contribution in [0.1, 0.15) is 25.0 Å². The van der Waals surface area contributed by atoms with Crippen LogP contribution in [0, 0.1) is 0 Å². The average Bonchev–Trinajstić information content (AvgIpc) is 1.77. The zero-order valence-electron chi connectivity index (χ0n) is 62.5. The number of methoxy groups -OCH3 is 6. The Balaban J connectivity index is 0.000000153. The van der Waals surface area contributed by atoms with E-state index in [9.17, 15) is 9.59 Å². The minimum atomic E-state index is -0.404. The van der Waals surface area contributed by atoms with Crippen molar-refractivity contribution in [2.75, 3.05) is 110 Å². The number of fused-ring (bicyclic) bond motifs is 3. The topological polar surface area (TPSA) is 322 Å². The number of hydrogen-bond acceptors (Lipinski definition) is 24. The summed E-state index contributed by atoms with van der Waals surface area (Å²) in [5, 5.41) is 19.3. The van der Waals surface area contributed by atoms with E-state index in [1.807, 2.05) is 161 Å². The molecule has 6 aromatic carbocycles. The van der Waals surface area contributed by atoms with Crippen LogP contribution >= 0.6 is 0 Å². The molecule has 109 heavy (non-hydrogen) atoms. The maximum atomic E-state index is 12.1. The lowest BCUT2D eigenvalue weighted by atomic mass is 10.0. The Hall–Kier alpha value is -12.9. The molecule has 562 valence electrons. The van der Waals surface area contributed by atoms with Crippen molar-refractivity contribution in [2.24, 2.45) is 32.6 Å². The lowest BCUT2D eigenvalue weighted by Gasteiger charge is -2.36. The van der Waals surface area contributed by atoms with Gasteiger partial charge in [-0.05, 0) is 86.1 Å². The van der Waals surface area contributed by atoms with Gasteiger partial charge in [-0.1, -0.05) is 12.5 Å². The summed E-state index contributed by atoms with van der Waals surface area (Å²) in [7, 11) is 15.4. The number of carbonyl (C=O) groups is 2. The number of likely N-dealkylation sites (tertiary alicyclic amines) is 1. The van der Waals surface area contributed by atoms with Crippen LogP contribution in [-0.2, 0) is 37.3 Å². The van der Waals surface area contributed by atoms with Gasteiger partial charge in [-0.2, -0.15) is 15.3 Å². The molecule has 1 saturated heterocycles. The summed E-state index contributed by atoms with van der Waals surface area (Å²) in [5.74, 6) is 3.50. The van der Waals surface area contributed by atoms with E-state index in [0.717, 1.165) is 151 Å². The van der Waals surface area contributed by atoms with Crippen molar-refractivity contribution in [1.82, 2.24) is 79.8 Å². The minimum Gasteiger partial charge on any atom is -0.497 e. The number of nitrogens with zero attached hydrogens (tertiary/aromatic N) is 17. The molecule has 0 spiro atoms. The second kappa shape index (κ2) is 36.0. The van der Waals surface area contributed by atoms with Crippen molar-refractivity contribution in [3.05, 3.63) is 195 Å². The number of hydrogen-bond donors (Lipinski definition) is 4. The van der Waals surface area contributed by atoms with E-state index in [2.05, 4.69) is 77.6 Å². The predicted octanol–water partition coefficient (Wildman–Crippen LogP) is 10.2. The van der Waals surface area contributed by atoms with Crippen LogP contribution in [0.15, 0.2) is 189 Å². The molecule has 13 aromatic rings. The van der Waals surface area contributed by atoms with E-state index < -0.39 is 5.91 Å². The number of nitrogens with two attached hydrogens (primary N) is 2. The highest BCUT2D eigenvalue weighted by atomic mass is 16.5. The molecule has 1 unspecified atom stereocenters. The highest BCUT2D eigenvalue weighted by molar-refractivity contribution is 5.86. The molecule has 0 radical (unpaired) electrons. The zero-order valence-corrected chi connectivity index (χ0v) is 62.5. The summed E-state index contributed by atoms with van der Waals surface area (Å²) in [6.45, 7) is 5.46. The van der Waals surface area contributed by atoms with Crippen LogP contribution < -0.4 is 65.2 Å². The summed E-state index contributed by atoms with van der Waals surface area (Å²) < 4.78 is 38.4. The number of nitrogens with one attached hydrogen (secondary N) is 2. The van der Waals surface area contributed by atoms with Crippen LogP contribution in [0.3, 0.4) is 0 Å². The van der Waals surface area contributed by atoms with Gasteiger partial charge in [0.1, 0.15) is 34.5 Å². The Kier molecular flexibility index (Phi) is 25.0. The fraction of sp³-hybridized carbons (Fsp3) is 0.275. The molecule has 7 aromatic heterocycles. The van der Waals surface area contributed by atoms with Crippen molar-refractivity contribution >= 4 is 79.0 Å². The van der Waals surface area contributed by atoms with E-state index in [4.69, 9.17) is 54.8 Å². The van der Waals surface area contributed by atoms with Crippen LogP contribution in [0.4, 0.5) is 34.1 Å². The largest absolute Gasteiger partial charge is 0.497 e. The number of carbonyl (C=O) groups excluding carboxylic acids is 2. The van der Waals surface area contributed by atoms with Crippen molar-refractivity contribution in [2.45, 2.75) is 31.8 Å². The smallest absolute Gasteiger partial charge is 0.234 e. The number of aryl methyl sites for hydroxylation is 3. The molecule has 14 rings (SSSR count). The van der Waals surface area contributed by atoms with E-state index in [1.54, 1.807) is 93.9 Å². The molecule has 6 N–H and O–H groups in total. The second-order valence-electron chi connectivity index (χ2n) is 25.8. The first-order chi connectivity index (χ1) is 53.0. The first-order valence-corrected chi connectivity index (χ1v) is 35.5. The molecule has 8 heterocycles. The number of ether oxygens (including phenoxy) is 6. The Bertz CT molecular complexity index is 5180. The number of rotatable bonds is 29. The molecule has 1 atom stereocenters. The second-order valence-corrected chi connectivity index (χ2v) is 25.8. The quantitative estimate of drug-likeness (QED) is 0.0317. The third kappa shape index (κ3) is 19.4. The molecule has 0 aliphatic carbocycles. The fourth-order valence-electron chi connectivity index (χ4n) is 12.8. The van der Waals surface area contributed by atoms with Crippen LogP contribution in [0.2, 0.25) is 0 Å². The summed E-state index contributed by atoms with van der Waals surface area (Å²) in [4.78, 5) is 64.8. The summed E-state index contributed by atoms with van der Waals surface area (Å²) in [5.41, 5.74) is 27.3. The number of primary amides is 2. The third-order valence-corrected chi connectivity index (χ3v) is 18.4. The van der Waals surface area contributed by atoms with E-state index in [-0.39, 0.29) is 18.5 Å². The normalized spacial score (nSPS) is 12.7. The molecule has 0 saturated carbocycles. The van der Waals surface area contributed by atoms with E-state index >= 15 is 0 Å². The van der Waals surface area contributed by atoms with Gasteiger partial charge in [0.05, 0.1) is 148 Å². The monoisotopic (exact) mass is 1470 g/mol. The maximum absolute atomic E-state index is 12.1. The van der Waals surface area contributed by atoms with Gasteiger partial charge < -0.3 is 65.2 Å². The summed E-state index contributed by atoms with van der Waals surface area (Å²) in [6, 6.07) is 41.1. The standard InChI is InChI=1S/C28H33N7O3.C28H29N7O2.C24H27N7O3/c1-33-18-19(16-31-33)26-17-30-24-8-7-20(14-25(24)32-26)35(21-12-22(37-2)15-23(13-21)38-3)11-10-34-9-5-4-6-27(34)28(29)36;1-34-19-20(16-32-34)28-18-31-26-8-7-22(14-27(26)33-28)35(11-10-29-17-21-6-4-5-9-30-21)23-12-24(36-2)15-25(13-23)37-3;1-30-15-16(12-28-30)23-13-27-21-5-4-17(10-22(21)29-23)31(7-6-26-14-24(25)32)18-8-19(33-2)11-20(9-18)34-3/h7-8,12-18,27H,4-6,9-11H2,1-3H3,(H2,29,36);4-9,12-16,18-19,29H,10-11,17H2,1-3H3;4-5,8-13,15,26H,6-7,14H2,1-3H3,(H2,25,32). The maximum Gasteiger partial charge on any atom is 0.234 e. The van der Waals surface area contributed by atoms with E-state index in [1.165, 1.54) is 0 Å². The van der Waals surface area contributed by atoms with Crippen LogP contribution in [0.25, 0.3) is 66.9 Å². The van der Waals surface area contributed by atoms with Gasteiger partial charge in [0.15, 0.2) is 0 Å². The number of benzene rings is 6. The van der Waals surface area contributed by atoms with Gasteiger partial charge in [0.2, 0.25) is 11.8 Å². The molecule has 29 heteroatoms. The lowest BCUT2D eigenvalue weighted by Crippen LogP contribution is -2.49. The molecule has 29 nitrogen and oxygen atoms in total. The molecule has 0 bridgehead atoms. The van der Waals surface area contributed by atoms with Gasteiger partial charge in [-0.3, -0.25) is 48.5 Å². The molecule has 1 aliphatic rings. The number of anilines is 6. The Labute approximate surface area is 631 Å². The van der Waals surface area contributed by atoms with Crippen LogP contribution in [0.5, 0.6) is 34.5 Å². The zero-order chi connectivity index (χ0) is 76.3. The molecular weight excluding hydrogens is 1380 g/mol. The van der Waals surface area contributed by atoms with Crippen molar-refractivity contribution in [1.29, 1.82) is 0 Å². The number of pyridine rings is 1. The molecule has 1 fully saturated rings. The SMILES string of the molecule is COc1cc(OC)cc(N(CCN2CCCCC2C(N)=O)c2ccc3ncc(-c4cnn(C)c4)nc3c2)c1.COc1cc(OC)cc(N(CCNCC(N)=O)c2ccc3ncc(-c4cnn(C)c4)nc3c2)c1.COc1cc(OC)cc(N(CCNCc2ccccn2)c2ccc3ncc(-c4cnn(C)c4)nc3c2)c1. The van der Waals surface area contributed by atoms with Crippen LogP contribution in [-0.4, -0.2) is 182 Å². The number of amides is 2. The minimum absolute atomic E-state index is 0.104. The Morgan fingerprint density at radius 1 is 0.450 bits per heavy atom. The lowest BCUT2D eigenvalue weighted by molar-refractivity contribution is -0.124. The van der Waals surface area contributed by atoms with Gasteiger partial charge in [-0.25, -0.2) is 15.0 Å². The van der Waals surface area contributed by atoms with Gasteiger partial charge in [-0.15, -0.1) is 0 Å². The summed E-state index contributed by atoms with van der Waals surface area (Å²) in [6.07, 6.45) is 21.1. The van der Waals surface area contributed by atoms with E-state index in [0.29, 0.717) is 62.3 Å². The van der Waals surface area contributed by atoms with Crippen molar-refractivity contribution in [3.8, 4) is 68.3 Å². The molecule has 2 amide bonds. The van der Waals surface area contributed by atoms with Gasteiger partial charge >= 0.3 is 0 Å². The molecule has 1 aliphatic heterocycles. The highest BCUT2D eigenvalue weighted by Crippen LogP contribution is 2.38. The Morgan fingerprint density at radius 2 is 0.844 bits per heavy atom. The first-order valence-electron chi connectivity index (χ1n) is 35.5. The highest BCUT2D eigenvalue weighted by Gasteiger charge is 2.28. The number of piperidine rings is 1. The van der Waals surface area contributed by atoms with Gasteiger partial charge in [0, 0.05) is 197 Å². The fourth-order valence-corrected chi connectivity index (χ4v) is 12.8. The summed E-state index contributed by atoms with van der Waals surface area (Å²) >= 11 is 0. The van der Waals surface area contributed by atoms with Gasteiger partial charge in [0.25, 0.3) is 0 Å². The Morgan fingerprint density at radius 3 is 1.19 bits per heavy atom. The van der Waals surface area contributed by atoms with Crippen molar-refractivity contribution < 1.29 is 38.0 Å². The first kappa shape index (κ1) is 75.8. The average molecular weight is 1470 g/mol. The van der Waals surface area contributed by atoms with Crippen molar-refractivity contribution in [3.63, 3.8) is 0 Å². The molecular formula is C80H89N21O8. The third-order valence-electron chi connectivity index (χ3n) is 18.4. The number of aromatic nitrogens is 13.